The van der Waals surface area contributed by atoms with Crippen molar-refractivity contribution in [1.82, 2.24) is 25.5 Å². The summed E-state index contributed by atoms with van der Waals surface area (Å²) in [7, 11) is 0. The van der Waals surface area contributed by atoms with Crippen LogP contribution in [0.3, 0.4) is 0 Å². The van der Waals surface area contributed by atoms with Crippen molar-refractivity contribution in [2.24, 2.45) is 0 Å². The highest BCUT2D eigenvalue weighted by atomic mass is 19.4. The van der Waals surface area contributed by atoms with Gasteiger partial charge in [-0.15, -0.1) is 5.10 Å². The number of aliphatic carboxylic acids is 1. The van der Waals surface area contributed by atoms with Gasteiger partial charge in [0.15, 0.2) is 0 Å². The summed E-state index contributed by atoms with van der Waals surface area (Å²) in [5.74, 6) is -2.25. The van der Waals surface area contributed by atoms with E-state index in [9.17, 15) is 22.4 Å². The zero-order valence-corrected chi connectivity index (χ0v) is 18.5. The van der Waals surface area contributed by atoms with Crippen LogP contribution in [0.4, 0.5) is 29.2 Å². The molecule has 13 heteroatoms. The molecule has 0 radical (unpaired) electrons. The predicted octanol–water partition coefficient (Wildman–Crippen LogP) is 4.04. The number of carboxylic acids is 1. The molecule has 0 bridgehead atoms. The lowest BCUT2D eigenvalue weighted by atomic mass is 9.86. The Labute approximate surface area is 197 Å². The number of rotatable bonds is 4. The number of hydrogen-bond donors (Lipinski definition) is 3. The van der Waals surface area contributed by atoms with Crippen molar-refractivity contribution in [2.75, 3.05) is 18.4 Å². The second-order valence-electron chi connectivity index (χ2n) is 7.81. The zero-order chi connectivity index (χ0) is 25.6. The molecule has 1 saturated heterocycles. The van der Waals surface area contributed by atoms with E-state index in [4.69, 9.17) is 9.90 Å². The SMILES string of the molecule is Cc1cc(F)ccc1C1CCN(C(=O)c2cccc(Nc3nn[nH]n3)c2)CC1.O=C(O)C(F)(F)F. The number of aromatic amines is 1. The minimum Gasteiger partial charge on any atom is -0.475 e. The van der Waals surface area contributed by atoms with Crippen molar-refractivity contribution in [2.45, 2.75) is 31.9 Å². The minimum atomic E-state index is -5.08. The van der Waals surface area contributed by atoms with Gasteiger partial charge in [-0.05, 0) is 72.4 Å². The number of alkyl halides is 3. The molecule has 0 aliphatic carbocycles. The fourth-order valence-corrected chi connectivity index (χ4v) is 3.75. The lowest BCUT2D eigenvalue weighted by Gasteiger charge is -2.33. The van der Waals surface area contributed by atoms with Crippen LogP contribution in [0, 0.1) is 12.7 Å². The first-order valence-corrected chi connectivity index (χ1v) is 10.5. The van der Waals surface area contributed by atoms with Gasteiger partial charge in [0.25, 0.3) is 11.9 Å². The number of nitrogens with one attached hydrogen (secondary N) is 2. The number of carbonyl (C=O) groups excluding carboxylic acids is 1. The average molecular weight is 494 g/mol. The van der Waals surface area contributed by atoms with Gasteiger partial charge in [-0.3, -0.25) is 4.79 Å². The number of likely N-dealkylation sites (tertiary alicyclic amines) is 1. The number of anilines is 2. The maximum absolute atomic E-state index is 13.4. The molecule has 4 rings (SSSR count). The van der Waals surface area contributed by atoms with E-state index in [1.54, 1.807) is 18.2 Å². The standard InChI is InChI=1S/C20H21FN6O.C2HF3O2/c1-13-11-16(21)5-6-18(13)14-7-9-27(10-8-14)19(28)15-3-2-4-17(12-15)22-20-23-25-26-24-20;3-2(4,5)1(6)7/h2-6,11-12,14H,7-10H2,1H3,(H2,22,23,24,25,26);(H,6,7). The maximum atomic E-state index is 13.4. The van der Waals surface area contributed by atoms with Gasteiger partial charge in [0.2, 0.25) is 0 Å². The summed E-state index contributed by atoms with van der Waals surface area (Å²) in [5, 5.41) is 23.7. The monoisotopic (exact) mass is 494 g/mol. The highest BCUT2D eigenvalue weighted by molar-refractivity contribution is 5.95. The number of piperidine rings is 1. The van der Waals surface area contributed by atoms with E-state index in [-0.39, 0.29) is 11.7 Å². The topological polar surface area (TPSA) is 124 Å². The van der Waals surface area contributed by atoms with E-state index in [1.807, 2.05) is 30.0 Å². The highest BCUT2D eigenvalue weighted by Crippen LogP contribution is 2.31. The number of tetrazole rings is 1. The molecule has 3 aromatic rings. The Morgan fingerprint density at radius 1 is 1.14 bits per heavy atom. The molecular formula is C22H22F4N6O3. The Morgan fingerprint density at radius 2 is 1.83 bits per heavy atom. The molecule has 0 spiro atoms. The van der Waals surface area contributed by atoms with E-state index in [0.717, 1.165) is 24.1 Å². The van der Waals surface area contributed by atoms with E-state index in [0.29, 0.717) is 30.5 Å². The number of halogens is 4. The third kappa shape index (κ3) is 6.98. The molecule has 1 aromatic heterocycles. The number of aryl methyl sites for hydroxylation is 1. The highest BCUT2D eigenvalue weighted by Gasteiger charge is 2.38. The molecule has 1 amide bonds. The van der Waals surface area contributed by atoms with Crippen molar-refractivity contribution in [1.29, 1.82) is 0 Å². The van der Waals surface area contributed by atoms with Crippen LogP contribution in [0.5, 0.6) is 0 Å². The Hall–Kier alpha value is -4.03. The number of carboxylic acid groups (broad SMARTS) is 1. The van der Waals surface area contributed by atoms with Crippen LogP contribution in [0.2, 0.25) is 0 Å². The van der Waals surface area contributed by atoms with Gasteiger partial charge >= 0.3 is 12.1 Å². The summed E-state index contributed by atoms with van der Waals surface area (Å²) >= 11 is 0. The predicted molar refractivity (Wildman–Crippen MR) is 117 cm³/mol. The molecule has 35 heavy (non-hydrogen) atoms. The van der Waals surface area contributed by atoms with Crippen LogP contribution in [0.25, 0.3) is 0 Å². The van der Waals surface area contributed by atoms with Crippen LogP contribution < -0.4 is 5.32 Å². The maximum Gasteiger partial charge on any atom is 0.490 e. The van der Waals surface area contributed by atoms with E-state index < -0.39 is 12.1 Å². The summed E-state index contributed by atoms with van der Waals surface area (Å²) < 4.78 is 45.1. The molecule has 0 saturated carbocycles. The average Bonchev–Trinajstić information content (AvgIpc) is 3.32. The van der Waals surface area contributed by atoms with E-state index >= 15 is 0 Å². The number of H-pyrrole nitrogens is 1. The van der Waals surface area contributed by atoms with Crippen LogP contribution in [-0.2, 0) is 4.79 Å². The van der Waals surface area contributed by atoms with Crippen LogP contribution in [0.1, 0.15) is 40.2 Å². The molecule has 186 valence electrons. The first kappa shape index (κ1) is 25.6. The zero-order valence-electron chi connectivity index (χ0n) is 18.5. The molecule has 9 nitrogen and oxygen atoms in total. The molecule has 2 heterocycles. The molecule has 0 unspecified atom stereocenters. The number of carbonyl (C=O) groups is 2. The van der Waals surface area contributed by atoms with Gasteiger partial charge in [0.1, 0.15) is 5.82 Å². The van der Waals surface area contributed by atoms with Crippen molar-refractivity contribution < 1.29 is 32.3 Å². The van der Waals surface area contributed by atoms with Crippen molar-refractivity contribution in [3.8, 4) is 0 Å². The van der Waals surface area contributed by atoms with Crippen LogP contribution >= 0.6 is 0 Å². The first-order chi connectivity index (χ1) is 16.5. The van der Waals surface area contributed by atoms with Crippen LogP contribution in [-0.4, -0.2) is 61.8 Å². The van der Waals surface area contributed by atoms with E-state index in [1.165, 1.54) is 11.6 Å². The third-order valence-corrected chi connectivity index (χ3v) is 5.41. The van der Waals surface area contributed by atoms with Gasteiger partial charge in [-0.1, -0.05) is 17.2 Å². The van der Waals surface area contributed by atoms with Crippen LogP contribution in [0.15, 0.2) is 42.5 Å². The fourth-order valence-electron chi connectivity index (χ4n) is 3.75. The number of amides is 1. The van der Waals surface area contributed by atoms with Crippen molar-refractivity contribution in [3.05, 3.63) is 65.0 Å². The molecule has 3 N–H and O–H groups in total. The molecule has 0 atom stereocenters. The Balaban J connectivity index is 0.000000429. The molecule has 1 fully saturated rings. The first-order valence-electron chi connectivity index (χ1n) is 10.5. The fraction of sp³-hybridized carbons (Fsp3) is 0.318. The summed E-state index contributed by atoms with van der Waals surface area (Å²) in [6.45, 7) is 3.31. The van der Waals surface area contributed by atoms with Gasteiger partial charge in [-0.25, -0.2) is 9.18 Å². The summed E-state index contributed by atoms with van der Waals surface area (Å²) in [4.78, 5) is 23.7. The number of benzene rings is 2. The normalized spacial score (nSPS) is 14.1. The van der Waals surface area contributed by atoms with Gasteiger partial charge in [0.05, 0.1) is 0 Å². The van der Waals surface area contributed by atoms with Crippen molar-refractivity contribution in [3.63, 3.8) is 0 Å². The van der Waals surface area contributed by atoms with E-state index in [2.05, 4.69) is 25.9 Å². The Morgan fingerprint density at radius 3 is 2.40 bits per heavy atom. The number of aromatic nitrogens is 4. The lowest BCUT2D eigenvalue weighted by molar-refractivity contribution is -0.192. The summed E-state index contributed by atoms with van der Waals surface area (Å²) in [6.07, 6.45) is -3.34. The molecule has 1 aliphatic rings. The summed E-state index contributed by atoms with van der Waals surface area (Å²) in [6, 6.07) is 12.2. The Bertz CT molecular complexity index is 1160. The quantitative estimate of drug-likeness (QED) is 0.468. The lowest BCUT2D eigenvalue weighted by Crippen LogP contribution is -2.38. The summed E-state index contributed by atoms with van der Waals surface area (Å²) in [5.41, 5.74) is 3.50. The second kappa shape index (κ2) is 10.9. The molecule has 2 aromatic carbocycles. The smallest absolute Gasteiger partial charge is 0.475 e. The number of nitrogens with zero attached hydrogens (tertiary/aromatic N) is 4. The minimum absolute atomic E-state index is 0.00559. The molecular weight excluding hydrogens is 472 g/mol. The van der Waals surface area contributed by atoms with Gasteiger partial charge in [-0.2, -0.15) is 18.4 Å². The Kier molecular flexibility index (Phi) is 7.99. The number of hydrogen-bond acceptors (Lipinski definition) is 6. The molecule has 1 aliphatic heterocycles. The largest absolute Gasteiger partial charge is 0.490 e. The van der Waals surface area contributed by atoms with Crippen molar-refractivity contribution >= 4 is 23.5 Å². The van der Waals surface area contributed by atoms with Gasteiger partial charge < -0.3 is 15.3 Å². The van der Waals surface area contributed by atoms with Gasteiger partial charge in [0, 0.05) is 24.3 Å². The third-order valence-electron chi connectivity index (χ3n) is 5.41. The second-order valence-corrected chi connectivity index (χ2v) is 7.81.